The zero-order chi connectivity index (χ0) is 34.1. The Morgan fingerprint density at radius 2 is 1.79 bits per heavy atom. The van der Waals surface area contributed by atoms with Crippen LogP contribution in [0.2, 0.25) is 0 Å². The van der Waals surface area contributed by atoms with Gasteiger partial charge < -0.3 is 18.9 Å². The van der Waals surface area contributed by atoms with Gasteiger partial charge in [0, 0.05) is 80.9 Å². The molecule has 5 rings (SSSR count). The highest BCUT2D eigenvalue weighted by molar-refractivity contribution is 5.95. The number of fused-ring (bicyclic) bond motifs is 1. The van der Waals surface area contributed by atoms with Gasteiger partial charge in [0.05, 0.1) is 0 Å². The second-order valence-electron chi connectivity index (χ2n) is 12.5. The Hall–Kier alpha value is -4.91. The third-order valence-electron chi connectivity index (χ3n) is 7.62. The predicted octanol–water partition coefficient (Wildman–Crippen LogP) is 6.87. The molecule has 10 nitrogen and oxygen atoms in total. The fourth-order valence-corrected chi connectivity index (χ4v) is 5.43. The molecular formula is C34H37F3N6O4. The molecule has 248 valence electrons. The third kappa shape index (κ3) is 8.09. The first kappa shape index (κ1) is 33.5. The molecule has 0 spiro atoms. The maximum absolute atomic E-state index is 13.3. The van der Waals surface area contributed by atoms with Crippen molar-refractivity contribution >= 4 is 34.4 Å². The van der Waals surface area contributed by atoms with E-state index in [2.05, 4.69) is 31.0 Å². The van der Waals surface area contributed by atoms with Crippen molar-refractivity contribution in [2.24, 2.45) is 7.05 Å². The molecule has 4 heterocycles. The first-order chi connectivity index (χ1) is 22.1. The predicted molar refractivity (Wildman–Crippen MR) is 173 cm³/mol. The average molecular weight is 651 g/mol. The van der Waals surface area contributed by atoms with E-state index < -0.39 is 24.0 Å². The van der Waals surface area contributed by atoms with Crippen molar-refractivity contribution in [1.29, 1.82) is 0 Å². The van der Waals surface area contributed by atoms with E-state index in [0.29, 0.717) is 37.4 Å². The number of alkyl halides is 3. The molecule has 4 aromatic rings. The number of rotatable bonds is 7. The van der Waals surface area contributed by atoms with Gasteiger partial charge >= 0.3 is 12.5 Å². The normalized spacial score (nSPS) is 14.1. The molecule has 1 aliphatic heterocycles. The van der Waals surface area contributed by atoms with Crippen LogP contribution in [0.5, 0.6) is 5.75 Å². The monoisotopic (exact) mass is 650 g/mol. The van der Waals surface area contributed by atoms with Crippen molar-refractivity contribution in [2.75, 3.05) is 32.5 Å². The van der Waals surface area contributed by atoms with E-state index in [4.69, 9.17) is 4.74 Å². The van der Waals surface area contributed by atoms with Gasteiger partial charge in [-0.3, -0.25) is 15.0 Å². The molecule has 1 aliphatic rings. The molecule has 0 unspecified atom stereocenters. The van der Waals surface area contributed by atoms with Crippen LogP contribution in [0.25, 0.3) is 27.7 Å². The molecular weight excluding hydrogens is 613 g/mol. The Balaban J connectivity index is 1.33. The van der Waals surface area contributed by atoms with Gasteiger partial charge in [0.15, 0.2) is 0 Å². The van der Waals surface area contributed by atoms with Crippen LogP contribution in [-0.2, 0) is 18.3 Å². The smallest absolute Gasteiger partial charge is 0.444 e. The van der Waals surface area contributed by atoms with Crippen LogP contribution >= 0.6 is 0 Å². The number of benzene rings is 1. The lowest BCUT2D eigenvalue weighted by Gasteiger charge is -2.27. The number of nitrogens with zero attached hydrogens (tertiary/aromatic N) is 5. The first-order valence-electron chi connectivity index (χ1n) is 15.0. The number of hydrogen-bond donors (Lipinski definition) is 1. The molecule has 3 aromatic heterocycles. The van der Waals surface area contributed by atoms with Gasteiger partial charge in [-0.15, -0.1) is 13.2 Å². The van der Waals surface area contributed by atoms with Crippen molar-refractivity contribution in [3.63, 3.8) is 0 Å². The lowest BCUT2D eigenvalue weighted by Crippen LogP contribution is -2.29. The lowest BCUT2D eigenvalue weighted by molar-refractivity contribution is -0.274. The van der Waals surface area contributed by atoms with E-state index in [1.165, 1.54) is 31.1 Å². The number of carbonyl (C=O) groups is 2. The summed E-state index contributed by atoms with van der Waals surface area (Å²) in [6.07, 6.45) is 0.346. The minimum Gasteiger partial charge on any atom is -0.444 e. The van der Waals surface area contributed by atoms with Crippen LogP contribution in [0.15, 0.2) is 60.9 Å². The first-order valence-corrected chi connectivity index (χ1v) is 15.0. The summed E-state index contributed by atoms with van der Waals surface area (Å²) in [5, 5.41) is 3.58. The van der Waals surface area contributed by atoms with Crippen molar-refractivity contribution in [3.8, 4) is 16.9 Å². The average Bonchev–Trinajstić information content (AvgIpc) is 3.30. The van der Waals surface area contributed by atoms with E-state index in [1.54, 1.807) is 39.2 Å². The van der Waals surface area contributed by atoms with Crippen LogP contribution in [0.1, 0.15) is 48.8 Å². The summed E-state index contributed by atoms with van der Waals surface area (Å²) in [6, 6.07) is 11.8. The summed E-state index contributed by atoms with van der Waals surface area (Å²) < 4.78 is 51.5. The van der Waals surface area contributed by atoms with Crippen LogP contribution < -0.4 is 10.1 Å². The standard InChI is InChI=1S/C34H37F3N6O4/c1-33(2,3)47-32(45)40-29-10-8-23(19-39-29)25-11-14-38-30-27(25)18-24(42(30)6)20-43-15-12-21(13-16-43)26-9-7-22(31(44)41(4)5)17-28(26)46-34(35,36)37/h7-12,14,17-19H,13,15-16,20H2,1-6H3,(H,39,40,45). The quantitative estimate of drug-likeness (QED) is 0.233. The zero-order valence-electron chi connectivity index (χ0n) is 27.1. The molecule has 0 fully saturated rings. The number of halogens is 3. The summed E-state index contributed by atoms with van der Waals surface area (Å²) >= 11 is 0. The van der Waals surface area contributed by atoms with E-state index in [-0.39, 0.29) is 11.3 Å². The number of aromatic nitrogens is 3. The van der Waals surface area contributed by atoms with Gasteiger partial charge in [0.2, 0.25) is 0 Å². The van der Waals surface area contributed by atoms with Gasteiger partial charge in [-0.25, -0.2) is 14.8 Å². The SMILES string of the molecule is CN(C)C(=O)c1ccc(C2=CCN(Cc3cc4c(-c5ccc(NC(=O)OC(C)(C)C)nc5)ccnc4n3C)CC2)c(OC(F)(F)F)c1. The summed E-state index contributed by atoms with van der Waals surface area (Å²) in [5.41, 5.74) is 4.12. The van der Waals surface area contributed by atoms with Gasteiger partial charge in [-0.1, -0.05) is 12.1 Å². The Morgan fingerprint density at radius 3 is 2.40 bits per heavy atom. The Morgan fingerprint density at radius 1 is 1.02 bits per heavy atom. The maximum Gasteiger partial charge on any atom is 0.573 e. The third-order valence-corrected chi connectivity index (χ3v) is 7.62. The minimum absolute atomic E-state index is 0.115. The van der Waals surface area contributed by atoms with E-state index >= 15 is 0 Å². The molecule has 1 aromatic carbocycles. The van der Waals surface area contributed by atoms with Gasteiger partial charge in [0.1, 0.15) is 22.8 Å². The topological polar surface area (TPSA) is 102 Å². The number of ether oxygens (including phenoxy) is 2. The molecule has 47 heavy (non-hydrogen) atoms. The second-order valence-corrected chi connectivity index (χ2v) is 12.5. The second kappa shape index (κ2) is 13.1. The number of carbonyl (C=O) groups excluding carboxylic acids is 2. The van der Waals surface area contributed by atoms with Gasteiger partial charge in [-0.2, -0.15) is 0 Å². The summed E-state index contributed by atoms with van der Waals surface area (Å²) in [6.45, 7) is 7.07. The van der Waals surface area contributed by atoms with Crippen LogP contribution in [0, 0.1) is 0 Å². The van der Waals surface area contributed by atoms with Crippen molar-refractivity contribution < 1.29 is 32.2 Å². The van der Waals surface area contributed by atoms with Crippen LogP contribution in [-0.4, -0.2) is 75.5 Å². The highest BCUT2D eigenvalue weighted by Crippen LogP contribution is 2.36. The number of pyridine rings is 2. The van der Waals surface area contributed by atoms with Crippen molar-refractivity contribution in [1.82, 2.24) is 24.3 Å². The molecule has 2 amide bonds. The Kier molecular flexibility index (Phi) is 9.30. The number of anilines is 1. The Labute approximate surface area is 270 Å². The van der Waals surface area contributed by atoms with E-state index in [0.717, 1.165) is 39.5 Å². The van der Waals surface area contributed by atoms with E-state index in [9.17, 15) is 22.8 Å². The van der Waals surface area contributed by atoms with Crippen LogP contribution in [0.4, 0.5) is 23.8 Å². The number of aryl methyl sites for hydroxylation is 1. The fourth-order valence-electron chi connectivity index (χ4n) is 5.43. The summed E-state index contributed by atoms with van der Waals surface area (Å²) in [4.78, 5) is 37.0. The molecule has 0 aliphatic carbocycles. The minimum atomic E-state index is -4.90. The van der Waals surface area contributed by atoms with Crippen LogP contribution in [0.3, 0.4) is 0 Å². The summed E-state index contributed by atoms with van der Waals surface area (Å²) in [7, 11) is 5.02. The highest BCUT2D eigenvalue weighted by atomic mass is 19.4. The number of amides is 2. The fraction of sp³-hybridized carbons (Fsp3) is 0.353. The molecule has 0 radical (unpaired) electrons. The Bertz CT molecular complexity index is 1820. The number of nitrogens with one attached hydrogen (secondary N) is 1. The largest absolute Gasteiger partial charge is 0.573 e. The van der Waals surface area contributed by atoms with Gasteiger partial charge in [0.25, 0.3) is 5.91 Å². The molecule has 0 bridgehead atoms. The lowest BCUT2D eigenvalue weighted by atomic mass is 9.97. The zero-order valence-corrected chi connectivity index (χ0v) is 27.1. The van der Waals surface area contributed by atoms with Gasteiger partial charge in [-0.05, 0) is 74.7 Å². The molecule has 0 atom stereocenters. The summed E-state index contributed by atoms with van der Waals surface area (Å²) in [5.74, 6) is -0.432. The number of hydrogen-bond acceptors (Lipinski definition) is 7. The molecule has 1 N–H and O–H groups in total. The molecule has 0 saturated heterocycles. The van der Waals surface area contributed by atoms with Crippen molar-refractivity contribution in [3.05, 3.63) is 77.8 Å². The maximum atomic E-state index is 13.3. The molecule has 0 saturated carbocycles. The highest BCUT2D eigenvalue weighted by Gasteiger charge is 2.33. The molecule has 13 heteroatoms. The van der Waals surface area contributed by atoms with Crippen molar-refractivity contribution in [2.45, 2.75) is 45.7 Å². The van der Waals surface area contributed by atoms with E-state index in [1.807, 2.05) is 29.8 Å².